The molecule has 20 heavy (non-hydrogen) atoms. The molecule has 0 radical (unpaired) electrons. The second-order valence-electron chi connectivity index (χ2n) is 4.45. The molecule has 0 saturated carbocycles. The molecule has 106 valence electrons. The van der Waals surface area contributed by atoms with Gasteiger partial charge in [-0.2, -0.15) is 0 Å². The van der Waals surface area contributed by atoms with E-state index in [0.717, 1.165) is 41.3 Å². The van der Waals surface area contributed by atoms with Gasteiger partial charge in [0.2, 0.25) is 5.28 Å². The van der Waals surface area contributed by atoms with Crippen LogP contribution in [0.1, 0.15) is 17.0 Å². The Bertz CT molecular complexity index is 582. The third-order valence-electron chi connectivity index (χ3n) is 3.02. The molecule has 1 aromatic heterocycles. The largest absolute Gasteiger partial charge is 0.497 e. The number of ether oxygens (including phenoxy) is 2. The Labute approximate surface area is 123 Å². The molecule has 2 rings (SSSR count). The van der Waals surface area contributed by atoms with E-state index in [1.807, 2.05) is 31.2 Å². The van der Waals surface area contributed by atoms with Crippen molar-refractivity contribution in [3.05, 3.63) is 46.5 Å². The van der Waals surface area contributed by atoms with Crippen molar-refractivity contribution >= 4 is 11.6 Å². The normalized spacial score (nSPS) is 10.4. The van der Waals surface area contributed by atoms with Gasteiger partial charge in [0.15, 0.2) is 0 Å². The maximum atomic E-state index is 5.87. The lowest BCUT2D eigenvalue weighted by Crippen LogP contribution is -2.00. The number of benzene rings is 1. The van der Waals surface area contributed by atoms with Gasteiger partial charge in [-0.3, -0.25) is 0 Å². The molecule has 0 aliphatic heterocycles. The quantitative estimate of drug-likeness (QED) is 0.794. The molecular formula is C15H17ClN2O2. The van der Waals surface area contributed by atoms with Crippen LogP contribution in [0.5, 0.6) is 11.5 Å². The number of aromatic nitrogens is 2. The van der Waals surface area contributed by atoms with Gasteiger partial charge >= 0.3 is 0 Å². The third-order valence-corrected chi connectivity index (χ3v) is 3.19. The Morgan fingerprint density at radius 1 is 1.05 bits per heavy atom. The predicted molar refractivity (Wildman–Crippen MR) is 78.7 cm³/mol. The zero-order chi connectivity index (χ0) is 14.5. The van der Waals surface area contributed by atoms with Crippen LogP contribution >= 0.6 is 11.6 Å². The summed E-state index contributed by atoms with van der Waals surface area (Å²) in [6.45, 7) is 1.91. The number of methoxy groups -OCH3 is 2. The van der Waals surface area contributed by atoms with Crippen LogP contribution in [0.25, 0.3) is 0 Å². The van der Waals surface area contributed by atoms with Gasteiger partial charge in [0.05, 0.1) is 14.2 Å². The van der Waals surface area contributed by atoms with E-state index in [4.69, 9.17) is 21.1 Å². The highest BCUT2D eigenvalue weighted by Gasteiger charge is 2.07. The first-order chi connectivity index (χ1) is 9.62. The van der Waals surface area contributed by atoms with Crippen molar-refractivity contribution in [1.82, 2.24) is 9.97 Å². The van der Waals surface area contributed by atoms with Crippen LogP contribution in [0.3, 0.4) is 0 Å². The summed E-state index contributed by atoms with van der Waals surface area (Å²) < 4.78 is 10.6. The first-order valence-corrected chi connectivity index (χ1v) is 6.71. The molecule has 4 nitrogen and oxygen atoms in total. The van der Waals surface area contributed by atoms with Crippen molar-refractivity contribution in [3.8, 4) is 11.5 Å². The summed E-state index contributed by atoms with van der Waals surface area (Å²) in [6, 6.07) is 7.76. The number of rotatable bonds is 5. The summed E-state index contributed by atoms with van der Waals surface area (Å²) in [5.74, 6) is 1.60. The van der Waals surface area contributed by atoms with E-state index in [0.29, 0.717) is 5.28 Å². The smallest absolute Gasteiger partial charge is 0.222 e. The molecule has 0 saturated heterocycles. The highest BCUT2D eigenvalue weighted by atomic mass is 35.5. The summed E-state index contributed by atoms with van der Waals surface area (Å²) >= 11 is 5.87. The maximum Gasteiger partial charge on any atom is 0.222 e. The summed E-state index contributed by atoms with van der Waals surface area (Å²) in [7, 11) is 3.30. The lowest BCUT2D eigenvalue weighted by molar-refractivity contribution is 0.391. The van der Waals surface area contributed by atoms with Crippen molar-refractivity contribution in [2.75, 3.05) is 14.2 Å². The van der Waals surface area contributed by atoms with Gasteiger partial charge < -0.3 is 9.47 Å². The second kappa shape index (κ2) is 6.57. The predicted octanol–water partition coefficient (Wildman–Crippen LogP) is 3.24. The fourth-order valence-electron chi connectivity index (χ4n) is 2.04. The molecule has 1 heterocycles. The van der Waals surface area contributed by atoms with E-state index >= 15 is 0 Å². The first kappa shape index (κ1) is 14.6. The van der Waals surface area contributed by atoms with Crippen molar-refractivity contribution in [2.24, 2.45) is 0 Å². The van der Waals surface area contributed by atoms with E-state index in [1.165, 1.54) is 0 Å². The fourth-order valence-corrected chi connectivity index (χ4v) is 2.29. The molecule has 0 unspecified atom stereocenters. The summed E-state index contributed by atoms with van der Waals surface area (Å²) in [6.07, 6.45) is 1.60. The van der Waals surface area contributed by atoms with Gasteiger partial charge in [-0.15, -0.1) is 0 Å². The molecule has 0 aliphatic carbocycles. The molecule has 5 heteroatoms. The standard InChI is InChI=1S/C15H17ClN2O2/c1-10-8-12(18-15(16)17-10)6-4-11-5-7-13(19-2)9-14(11)20-3/h5,7-9H,4,6H2,1-3H3. The Morgan fingerprint density at radius 3 is 2.50 bits per heavy atom. The second-order valence-corrected chi connectivity index (χ2v) is 4.79. The molecule has 0 fully saturated rings. The van der Waals surface area contributed by atoms with E-state index < -0.39 is 0 Å². The van der Waals surface area contributed by atoms with Crippen LogP contribution in [0.15, 0.2) is 24.3 Å². The number of halogens is 1. The summed E-state index contributed by atoms with van der Waals surface area (Å²) in [4.78, 5) is 8.29. The first-order valence-electron chi connectivity index (χ1n) is 6.33. The number of nitrogens with zero attached hydrogens (tertiary/aromatic N) is 2. The molecule has 0 bridgehead atoms. The van der Waals surface area contributed by atoms with Gasteiger partial charge in [0, 0.05) is 17.5 Å². The topological polar surface area (TPSA) is 44.2 Å². The Kier molecular flexibility index (Phi) is 4.79. The van der Waals surface area contributed by atoms with Crippen molar-refractivity contribution < 1.29 is 9.47 Å². The lowest BCUT2D eigenvalue weighted by atomic mass is 10.1. The summed E-state index contributed by atoms with van der Waals surface area (Å²) in [5, 5.41) is 0.293. The lowest BCUT2D eigenvalue weighted by Gasteiger charge is -2.10. The zero-order valence-electron chi connectivity index (χ0n) is 11.8. The highest BCUT2D eigenvalue weighted by Crippen LogP contribution is 2.25. The molecule has 0 N–H and O–H groups in total. The van der Waals surface area contributed by atoms with Crippen LogP contribution in [-0.2, 0) is 12.8 Å². The SMILES string of the molecule is COc1ccc(CCc2cc(C)nc(Cl)n2)c(OC)c1. The third kappa shape index (κ3) is 3.61. The number of hydrogen-bond donors (Lipinski definition) is 0. The Hall–Kier alpha value is -1.81. The molecule has 0 atom stereocenters. The number of hydrogen-bond acceptors (Lipinski definition) is 4. The van der Waals surface area contributed by atoms with E-state index in [-0.39, 0.29) is 0 Å². The van der Waals surface area contributed by atoms with E-state index in [9.17, 15) is 0 Å². The minimum Gasteiger partial charge on any atom is -0.497 e. The van der Waals surface area contributed by atoms with Crippen molar-refractivity contribution in [1.29, 1.82) is 0 Å². The molecule has 1 aromatic carbocycles. The van der Waals surface area contributed by atoms with Gasteiger partial charge in [-0.1, -0.05) is 6.07 Å². The zero-order valence-corrected chi connectivity index (χ0v) is 12.6. The van der Waals surface area contributed by atoms with Gasteiger partial charge in [0.1, 0.15) is 11.5 Å². The van der Waals surface area contributed by atoms with Crippen LogP contribution in [0.2, 0.25) is 5.28 Å². The van der Waals surface area contributed by atoms with Gasteiger partial charge in [-0.25, -0.2) is 9.97 Å². The average molecular weight is 293 g/mol. The number of aryl methyl sites for hydroxylation is 3. The Morgan fingerprint density at radius 2 is 1.85 bits per heavy atom. The molecule has 0 spiro atoms. The summed E-state index contributed by atoms with van der Waals surface area (Å²) in [5.41, 5.74) is 2.92. The molecular weight excluding hydrogens is 276 g/mol. The van der Waals surface area contributed by atoms with Gasteiger partial charge in [-0.05, 0) is 49.1 Å². The monoisotopic (exact) mass is 292 g/mol. The van der Waals surface area contributed by atoms with Gasteiger partial charge in [0.25, 0.3) is 0 Å². The molecule has 0 aliphatic rings. The van der Waals surface area contributed by atoms with E-state index in [1.54, 1.807) is 14.2 Å². The van der Waals surface area contributed by atoms with Crippen LogP contribution < -0.4 is 9.47 Å². The van der Waals surface area contributed by atoms with E-state index in [2.05, 4.69) is 9.97 Å². The molecule has 2 aromatic rings. The molecule has 0 amide bonds. The van der Waals surface area contributed by atoms with Crippen molar-refractivity contribution in [3.63, 3.8) is 0 Å². The average Bonchev–Trinajstić information content (AvgIpc) is 2.44. The minimum atomic E-state index is 0.293. The van der Waals surface area contributed by atoms with Crippen LogP contribution in [0, 0.1) is 6.92 Å². The highest BCUT2D eigenvalue weighted by molar-refractivity contribution is 6.28. The Balaban J connectivity index is 2.14. The van der Waals surface area contributed by atoms with Crippen molar-refractivity contribution in [2.45, 2.75) is 19.8 Å². The maximum absolute atomic E-state index is 5.87. The van der Waals surface area contributed by atoms with Crippen LogP contribution in [-0.4, -0.2) is 24.2 Å². The fraction of sp³-hybridized carbons (Fsp3) is 0.333. The van der Waals surface area contributed by atoms with Crippen LogP contribution in [0.4, 0.5) is 0 Å². The minimum absolute atomic E-state index is 0.293.